The number of hydrogen-bond acceptors (Lipinski definition) is 3. The summed E-state index contributed by atoms with van der Waals surface area (Å²) in [6.07, 6.45) is 5.14. The van der Waals surface area contributed by atoms with Crippen molar-refractivity contribution in [3.63, 3.8) is 0 Å². The van der Waals surface area contributed by atoms with Crippen LogP contribution in [0.3, 0.4) is 0 Å². The fourth-order valence-corrected chi connectivity index (χ4v) is 1.51. The Balaban J connectivity index is 2.46. The molecule has 0 N–H and O–H groups in total. The molecular weight excluding hydrogens is 156 g/mol. The third kappa shape index (κ3) is 1.28. The van der Waals surface area contributed by atoms with Gasteiger partial charge in [-0.15, -0.1) is 0 Å². The van der Waals surface area contributed by atoms with E-state index in [4.69, 9.17) is 0 Å². The summed E-state index contributed by atoms with van der Waals surface area (Å²) in [6.45, 7) is 0. The quantitative estimate of drug-likeness (QED) is 0.642. The minimum absolute atomic E-state index is 0.939. The van der Waals surface area contributed by atoms with Gasteiger partial charge in [0, 0.05) is 23.3 Å². The van der Waals surface area contributed by atoms with Crippen LogP contribution in [-0.4, -0.2) is 9.97 Å². The Morgan fingerprint density at radius 2 is 2.27 bits per heavy atom. The van der Waals surface area contributed by atoms with Crippen LogP contribution in [0.2, 0.25) is 0 Å². The molecule has 2 aromatic rings. The van der Waals surface area contributed by atoms with Gasteiger partial charge in [-0.25, -0.2) is 0 Å². The summed E-state index contributed by atoms with van der Waals surface area (Å²) in [5.41, 5.74) is 2.08. The fourth-order valence-electron chi connectivity index (χ4n) is 0.858. The van der Waals surface area contributed by atoms with E-state index in [1.165, 1.54) is 0 Å². The van der Waals surface area contributed by atoms with Crippen molar-refractivity contribution in [2.45, 2.75) is 0 Å². The second-order valence-electron chi connectivity index (χ2n) is 2.10. The van der Waals surface area contributed by atoms with Gasteiger partial charge in [0.05, 0.1) is 11.9 Å². The summed E-state index contributed by atoms with van der Waals surface area (Å²) in [5.74, 6) is 0. The van der Waals surface area contributed by atoms with Gasteiger partial charge in [-0.05, 0) is 11.4 Å². The van der Waals surface area contributed by atoms with Crippen LogP contribution in [0.25, 0.3) is 11.3 Å². The van der Waals surface area contributed by atoms with E-state index < -0.39 is 0 Å². The van der Waals surface area contributed by atoms with Gasteiger partial charge in [0.2, 0.25) is 0 Å². The summed E-state index contributed by atoms with van der Waals surface area (Å²) in [5, 5.41) is 4.09. The first kappa shape index (κ1) is 6.49. The molecule has 0 aromatic carbocycles. The smallest absolute Gasteiger partial charge is 0.0893 e. The molecule has 0 radical (unpaired) electrons. The number of hydrogen-bond donors (Lipinski definition) is 0. The van der Waals surface area contributed by atoms with E-state index in [0.29, 0.717) is 0 Å². The van der Waals surface area contributed by atoms with E-state index in [1.54, 1.807) is 29.9 Å². The molecule has 54 valence electrons. The molecule has 0 aliphatic heterocycles. The SMILES string of the molecule is c1cnc(-c2ccsc2)cn1. The highest BCUT2D eigenvalue weighted by atomic mass is 32.1. The molecule has 2 aromatic heterocycles. The zero-order valence-corrected chi connectivity index (χ0v) is 6.58. The maximum atomic E-state index is 4.17. The van der Waals surface area contributed by atoms with Gasteiger partial charge in [0.1, 0.15) is 0 Å². The minimum Gasteiger partial charge on any atom is -0.261 e. The number of rotatable bonds is 1. The van der Waals surface area contributed by atoms with Crippen LogP contribution in [0.5, 0.6) is 0 Å². The van der Waals surface area contributed by atoms with E-state index in [-0.39, 0.29) is 0 Å². The summed E-state index contributed by atoms with van der Waals surface area (Å²) < 4.78 is 0. The Morgan fingerprint density at radius 1 is 1.27 bits per heavy atom. The highest BCUT2D eigenvalue weighted by Gasteiger charge is 1.96. The Hall–Kier alpha value is -1.22. The molecule has 0 amide bonds. The lowest BCUT2D eigenvalue weighted by atomic mass is 10.3. The van der Waals surface area contributed by atoms with E-state index in [0.717, 1.165) is 11.3 Å². The molecule has 0 unspecified atom stereocenters. The first-order valence-corrected chi connectivity index (χ1v) is 4.20. The molecule has 2 heterocycles. The van der Waals surface area contributed by atoms with Crippen molar-refractivity contribution in [1.29, 1.82) is 0 Å². The maximum absolute atomic E-state index is 4.17. The molecular formula is C8H6N2S. The first-order valence-electron chi connectivity index (χ1n) is 3.25. The summed E-state index contributed by atoms with van der Waals surface area (Å²) in [4.78, 5) is 8.15. The lowest BCUT2D eigenvalue weighted by Gasteiger charge is -1.91. The third-order valence-electron chi connectivity index (χ3n) is 1.38. The number of nitrogens with zero attached hydrogens (tertiary/aromatic N) is 2. The molecule has 0 saturated heterocycles. The fraction of sp³-hybridized carbons (Fsp3) is 0. The van der Waals surface area contributed by atoms with Crippen LogP contribution < -0.4 is 0 Å². The molecule has 3 heteroatoms. The molecule has 0 bridgehead atoms. The molecule has 0 aliphatic carbocycles. The van der Waals surface area contributed by atoms with Gasteiger partial charge in [-0.2, -0.15) is 11.3 Å². The van der Waals surface area contributed by atoms with E-state index in [9.17, 15) is 0 Å². The van der Waals surface area contributed by atoms with Crippen molar-refractivity contribution in [3.8, 4) is 11.3 Å². The Labute approximate surface area is 68.6 Å². The number of thiophene rings is 1. The van der Waals surface area contributed by atoms with Crippen molar-refractivity contribution in [3.05, 3.63) is 35.4 Å². The van der Waals surface area contributed by atoms with Crippen LogP contribution >= 0.6 is 11.3 Å². The first-order chi connectivity index (χ1) is 5.47. The Bertz CT molecular complexity index is 315. The second-order valence-corrected chi connectivity index (χ2v) is 2.88. The summed E-state index contributed by atoms with van der Waals surface area (Å²) in [7, 11) is 0. The van der Waals surface area contributed by atoms with Crippen molar-refractivity contribution in [1.82, 2.24) is 9.97 Å². The summed E-state index contributed by atoms with van der Waals surface area (Å²) in [6, 6.07) is 2.04. The monoisotopic (exact) mass is 162 g/mol. The second kappa shape index (κ2) is 2.80. The van der Waals surface area contributed by atoms with E-state index in [1.807, 2.05) is 11.4 Å². The van der Waals surface area contributed by atoms with Crippen molar-refractivity contribution in [2.75, 3.05) is 0 Å². The highest BCUT2D eigenvalue weighted by Crippen LogP contribution is 2.17. The standard InChI is InChI=1S/C8H6N2S/c1-4-11-6-7(1)8-5-9-2-3-10-8/h1-6H. The van der Waals surface area contributed by atoms with Gasteiger partial charge >= 0.3 is 0 Å². The van der Waals surface area contributed by atoms with Gasteiger partial charge in [-0.1, -0.05) is 0 Å². The van der Waals surface area contributed by atoms with Gasteiger partial charge < -0.3 is 0 Å². The topological polar surface area (TPSA) is 25.8 Å². The molecule has 2 nitrogen and oxygen atoms in total. The molecule has 0 saturated carbocycles. The van der Waals surface area contributed by atoms with Crippen LogP contribution in [0.4, 0.5) is 0 Å². The van der Waals surface area contributed by atoms with Gasteiger partial charge in [-0.3, -0.25) is 9.97 Å². The average Bonchev–Trinajstić information content (AvgIpc) is 2.58. The van der Waals surface area contributed by atoms with Crippen LogP contribution in [0, 0.1) is 0 Å². The zero-order valence-electron chi connectivity index (χ0n) is 5.77. The third-order valence-corrected chi connectivity index (χ3v) is 2.06. The van der Waals surface area contributed by atoms with Crippen molar-refractivity contribution in [2.24, 2.45) is 0 Å². The molecule has 11 heavy (non-hydrogen) atoms. The van der Waals surface area contributed by atoms with Crippen LogP contribution in [0.1, 0.15) is 0 Å². The Morgan fingerprint density at radius 3 is 2.91 bits per heavy atom. The molecule has 0 atom stereocenters. The molecule has 2 rings (SSSR count). The van der Waals surface area contributed by atoms with Crippen LogP contribution in [0.15, 0.2) is 35.4 Å². The van der Waals surface area contributed by atoms with Crippen molar-refractivity contribution >= 4 is 11.3 Å². The Kier molecular flexibility index (Phi) is 1.65. The predicted molar refractivity (Wildman–Crippen MR) is 45.3 cm³/mol. The molecule has 0 fully saturated rings. The maximum Gasteiger partial charge on any atom is 0.0893 e. The number of aromatic nitrogens is 2. The van der Waals surface area contributed by atoms with Crippen molar-refractivity contribution < 1.29 is 0 Å². The summed E-state index contributed by atoms with van der Waals surface area (Å²) >= 11 is 1.67. The molecule has 0 spiro atoms. The van der Waals surface area contributed by atoms with Crippen LogP contribution in [-0.2, 0) is 0 Å². The largest absolute Gasteiger partial charge is 0.261 e. The lowest BCUT2D eigenvalue weighted by Crippen LogP contribution is -1.80. The highest BCUT2D eigenvalue weighted by molar-refractivity contribution is 7.08. The normalized spacial score (nSPS) is 9.82. The predicted octanol–water partition coefficient (Wildman–Crippen LogP) is 2.21. The average molecular weight is 162 g/mol. The molecule has 0 aliphatic rings. The lowest BCUT2D eigenvalue weighted by molar-refractivity contribution is 1.21. The van der Waals surface area contributed by atoms with Gasteiger partial charge in [0.15, 0.2) is 0 Å². The van der Waals surface area contributed by atoms with Gasteiger partial charge in [0.25, 0.3) is 0 Å². The van der Waals surface area contributed by atoms with E-state index in [2.05, 4.69) is 15.3 Å². The van der Waals surface area contributed by atoms with E-state index >= 15 is 0 Å². The minimum atomic E-state index is 0.939. The zero-order chi connectivity index (χ0) is 7.52.